The standard InChI is InChI=1S/C18H36N2O3/c1-7-19(6)12-13-20(16(5)21)11-9-8-10-17(18(22)23)15(4)14(2)3/h14-15,17H,7-13H2,1-6H3,(H,22,23)/t15-,17?/m1/s1. The van der Waals surface area contributed by atoms with E-state index in [1.807, 2.05) is 18.9 Å². The number of aliphatic carboxylic acids is 1. The molecule has 0 aromatic carbocycles. The minimum Gasteiger partial charge on any atom is -0.481 e. The number of hydrogen-bond donors (Lipinski definition) is 1. The van der Waals surface area contributed by atoms with Gasteiger partial charge in [0.1, 0.15) is 0 Å². The summed E-state index contributed by atoms with van der Waals surface area (Å²) in [6.07, 6.45) is 2.40. The molecule has 23 heavy (non-hydrogen) atoms. The van der Waals surface area contributed by atoms with Crippen LogP contribution in [0.15, 0.2) is 0 Å². The Morgan fingerprint density at radius 2 is 1.65 bits per heavy atom. The average Bonchev–Trinajstić information content (AvgIpc) is 2.48. The summed E-state index contributed by atoms with van der Waals surface area (Å²) in [5.41, 5.74) is 0. The van der Waals surface area contributed by atoms with Crippen LogP contribution in [-0.4, -0.2) is 60.0 Å². The average molecular weight is 328 g/mol. The van der Waals surface area contributed by atoms with Crippen molar-refractivity contribution in [3.63, 3.8) is 0 Å². The van der Waals surface area contributed by atoms with Crippen molar-refractivity contribution in [1.82, 2.24) is 9.80 Å². The highest BCUT2D eigenvalue weighted by Gasteiger charge is 2.26. The van der Waals surface area contributed by atoms with Gasteiger partial charge in [0.05, 0.1) is 5.92 Å². The van der Waals surface area contributed by atoms with Gasteiger partial charge in [0.2, 0.25) is 5.91 Å². The summed E-state index contributed by atoms with van der Waals surface area (Å²) in [5, 5.41) is 9.39. The van der Waals surface area contributed by atoms with Crippen LogP contribution in [-0.2, 0) is 9.59 Å². The number of amides is 1. The van der Waals surface area contributed by atoms with Crippen LogP contribution in [0.3, 0.4) is 0 Å². The van der Waals surface area contributed by atoms with E-state index in [-0.39, 0.29) is 17.7 Å². The molecule has 0 aromatic heterocycles. The van der Waals surface area contributed by atoms with Crippen molar-refractivity contribution in [3.8, 4) is 0 Å². The predicted octanol–water partition coefficient (Wildman–Crippen LogP) is 2.95. The summed E-state index contributed by atoms with van der Waals surface area (Å²) in [6, 6.07) is 0. The lowest BCUT2D eigenvalue weighted by Crippen LogP contribution is -2.37. The van der Waals surface area contributed by atoms with Gasteiger partial charge in [-0.1, -0.05) is 34.1 Å². The summed E-state index contributed by atoms with van der Waals surface area (Å²) in [6.45, 7) is 13.2. The third kappa shape index (κ3) is 8.94. The highest BCUT2D eigenvalue weighted by Crippen LogP contribution is 2.25. The Morgan fingerprint density at radius 3 is 2.09 bits per heavy atom. The highest BCUT2D eigenvalue weighted by molar-refractivity contribution is 5.73. The molecule has 0 rings (SSSR count). The number of nitrogens with zero attached hydrogens (tertiary/aromatic N) is 2. The molecular formula is C18H36N2O3. The van der Waals surface area contributed by atoms with E-state index in [9.17, 15) is 14.7 Å². The Bertz CT molecular complexity index is 358. The normalized spacial score (nSPS) is 14.1. The van der Waals surface area contributed by atoms with Crippen LogP contribution in [0.5, 0.6) is 0 Å². The highest BCUT2D eigenvalue weighted by atomic mass is 16.4. The first-order valence-corrected chi connectivity index (χ1v) is 8.87. The molecule has 0 aliphatic heterocycles. The van der Waals surface area contributed by atoms with Gasteiger partial charge in [-0.25, -0.2) is 0 Å². The van der Waals surface area contributed by atoms with Crippen LogP contribution < -0.4 is 0 Å². The van der Waals surface area contributed by atoms with E-state index in [1.54, 1.807) is 6.92 Å². The van der Waals surface area contributed by atoms with E-state index in [1.165, 1.54) is 0 Å². The number of likely N-dealkylation sites (N-methyl/N-ethyl adjacent to an activating group) is 1. The molecule has 0 fully saturated rings. The van der Waals surface area contributed by atoms with E-state index in [0.717, 1.165) is 39.0 Å². The van der Waals surface area contributed by atoms with Crippen LogP contribution >= 0.6 is 0 Å². The van der Waals surface area contributed by atoms with Gasteiger partial charge in [-0.15, -0.1) is 0 Å². The van der Waals surface area contributed by atoms with Crippen molar-refractivity contribution in [3.05, 3.63) is 0 Å². The fraction of sp³-hybridized carbons (Fsp3) is 0.889. The van der Waals surface area contributed by atoms with Gasteiger partial charge in [0.25, 0.3) is 0 Å². The largest absolute Gasteiger partial charge is 0.481 e. The Kier molecular flexibility index (Phi) is 10.9. The Hall–Kier alpha value is -1.10. The molecule has 2 atom stereocenters. The minimum absolute atomic E-state index is 0.0971. The zero-order valence-electron chi connectivity index (χ0n) is 15.8. The second kappa shape index (κ2) is 11.4. The maximum atomic E-state index is 11.7. The van der Waals surface area contributed by atoms with Crippen LogP contribution in [0, 0.1) is 17.8 Å². The van der Waals surface area contributed by atoms with E-state index < -0.39 is 5.97 Å². The van der Waals surface area contributed by atoms with Crippen LogP contribution in [0.1, 0.15) is 53.9 Å². The number of carboxylic acids is 1. The van der Waals surface area contributed by atoms with Gasteiger partial charge < -0.3 is 14.9 Å². The first kappa shape index (κ1) is 21.9. The van der Waals surface area contributed by atoms with Crippen LogP contribution in [0.2, 0.25) is 0 Å². The second-order valence-electron chi connectivity index (χ2n) is 6.95. The summed E-state index contributed by atoms with van der Waals surface area (Å²) in [5.74, 6) is -0.338. The quantitative estimate of drug-likeness (QED) is 0.560. The number of carbonyl (C=O) groups excluding carboxylic acids is 1. The van der Waals surface area contributed by atoms with E-state index in [4.69, 9.17) is 0 Å². The lowest BCUT2D eigenvalue weighted by atomic mass is 9.82. The van der Waals surface area contributed by atoms with E-state index in [0.29, 0.717) is 12.3 Å². The number of unbranched alkanes of at least 4 members (excludes halogenated alkanes) is 1. The van der Waals surface area contributed by atoms with Crippen molar-refractivity contribution < 1.29 is 14.7 Å². The van der Waals surface area contributed by atoms with Gasteiger partial charge in [-0.05, 0) is 38.3 Å². The Morgan fingerprint density at radius 1 is 1.04 bits per heavy atom. The van der Waals surface area contributed by atoms with Crippen molar-refractivity contribution in [2.75, 3.05) is 33.2 Å². The van der Waals surface area contributed by atoms with Gasteiger partial charge in [0.15, 0.2) is 0 Å². The molecule has 0 aliphatic carbocycles. The summed E-state index contributed by atoms with van der Waals surface area (Å²) in [4.78, 5) is 27.2. The smallest absolute Gasteiger partial charge is 0.306 e. The zero-order chi connectivity index (χ0) is 18.0. The molecule has 5 nitrogen and oxygen atoms in total. The molecule has 0 radical (unpaired) electrons. The van der Waals surface area contributed by atoms with E-state index in [2.05, 4.69) is 25.7 Å². The predicted molar refractivity (Wildman–Crippen MR) is 94.4 cm³/mol. The molecule has 0 saturated carbocycles. The fourth-order valence-corrected chi connectivity index (χ4v) is 2.62. The van der Waals surface area contributed by atoms with Crippen molar-refractivity contribution >= 4 is 11.9 Å². The molecule has 0 saturated heterocycles. The molecule has 5 heteroatoms. The third-order valence-corrected chi connectivity index (χ3v) is 4.93. The third-order valence-electron chi connectivity index (χ3n) is 4.93. The molecule has 1 N–H and O–H groups in total. The molecule has 0 heterocycles. The maximum Gasteiger partial charge on any atom is 0.306 e. The van der Waals surface area contributed by atoms with Gasteiger partial charge in [0, 0.05) is 26.6 Å². The Balaban J connectivity index is 4.27. The summed E-state index contributed by atoms with van der Waals surface area (Å²) < 4.78 is 0. The number of carbonyl (C=O) groups is 2. The molecule has 1 amide bonds. The molecule has 0 aliphatic rings. The molecule has 0 bridgehead atoms. The monoisotopic (exact) mass is 328 g/mol. The second-order valence-corrected chi connectivity index (χ2v) is 6.95. The zero-order valence-corrected chi connectivity index (χ0v) is 15.8. The molecule has 0 spiro atoms. The topological polar surface area (TPSA) is 60.9 Å². The lowest BCUT2D eigenvalue weighted by molar-refractivity contribution is -0.144. The van der Waals surface area contributed by atoms with Crippen LogP contribution in [0.4, 0.5) is 0 Å². The summed E-state index contributed by atoms with van der Waals surface area (Å²) >= 11 is 0. The van der Waals surface area contributed by atoms with Crippen LogP contribution in [0.25, 0.3) is 0 Å². The van der Waals surface area contributed by atoms with Gasteiger partial charge >= 0.3 is 5.97 Å². The summed E-state index contributed by atoms with van der Waals surface area (Å²) in [7, 11) is 2.04. The van der Waals surface area contributed by atoms with Gasteiger partial charge in [-0.3, -0.25) is 9.59 Å². The SMILES string of the molecule is CCN(C)CCN(CCCCC(C(=O)O)[C@H](C)C(C)C)C(C)=O. The molecule has 136 valence electrons. The minimum atomic E-state index is -0.695. The number of hydrogen-bond acceptors (Lipinski definition) is 3. The molecule has 1 unspecified atom stereocenters. The fourth-order valence-electron chi connectivity index (χ4n) is 2.62. The first-order chi connectivity index (χ1) is 10.7. The Labute approximate surface area is 142 Å². The van der Waals surface area contributed by atoms with Crippen molar-refractivity contribution in [2.45, 2.75) is 53.9 Å². The number of carboxylic acid groups (broad SMARTS) is 1. The number of rotatable bonds is 12. The van der Waals surface area contributed by atoms with Crippen molar-refractivity contribution in [2.24, 2.45) is 17.8 Å². The van der Waals surface area contributed by atoms with Gasteiger partial charge in [-0.2, -0.15) is 0 Å². The van der Waals surface area contributed by atoms with Crippen molar-refractivity contribution in [1.29, 1.82) is 0 Å². The maximum absolute atomic E-state index is 11.7. The first-order valence-electron chi connectivity index (χ1n) is 8.87. The lowest BCUT2D eigenvalue weighted by Gasteiger charge is -2.25. The molecular weight excluding hydrogens is 292 g/mol. The molecule has 0 aromatic rings. The van der Waals surface area contributed by atoms with E-state index >= 15 is 0 Å².